The Morgan fingerprint density at radius 3 is 0.710 bits per heavy atom. The summed E-state index contributed by atoms with van der Waals surface area (Å²) in [5.41, 5.74) is 4.50. The van der Waals surface area contributed by atoms with Gasteiger partial charge < -0.3 is 34.0 Å². The Balaban J connectivity index is 0.00000321. The predicted octanol–water partition coefficient (Wildman–Crippen LogP) is 5.50. The fraction of sp³-hybridized carbons (Fsp3) is 0.0702. The Morgan fingerprint density at radius 1 is 0.306 bits per heavy atom. The van der Waals surface area contributed by atoms with Gasteiger partial charge >= 0.3 is 0 Å². The molecule has 8 rings (SSSR count). The third kappa shape index (κ3) is 10.8. The van der Waals surface area contributed by atoms with E-state index in [0.717, 1.165) is 34.6 Å². The van der Waals surface area contributed by atoms with Crippen molar-refractivity contribution in [3.05, 3.63) is 265 Å². The third-order valence-electron chi connectivity index (χ3n) is 11.3. The fourth-order valence-electron chi connectivity index (χ4n) is 8.59. The highest BCUT2D eigenvalue weighted by atomic mass is 79.9. The molecule has 0 heterocycles. The van der Waals surface area contributed by atoms with Crippen molar-refractivity contribution in [2.45, 2.75) is 12.8 Å². The van der Waals surface area contributed by atoms with Gasteiger partial charge in [0.1, 0.15) is 52.1 Å². The summed E-state index contributed by atoms with van der Waals surface area (Å²) in [5, 5.41) is 7.84. The first-order valence-electron chi connectivity index (χ1n) is 20.7. The van der Waals surface area contributed by atoms with Crippen LogP contribution in [0.4, 0.5) is 0 Å². The molecule has 0 amide bonds. The van der Waals surface area contributed by atoms with Crippen molar-refractivity contribution in [2.24, 2.45) is 0 Å². The number of hydrogen-bond donors (Lipinski definition) is 0. The van der Waals surface area contributed by atoms with Crippen LogP contribution in [0, 0.1) is 0 Å². The topological polar surface area (TPSA) is 17.1 Å². The lowest BCUT2D eigenvalue weighted by molar-refractivity contribution is -0.117. The van der Waals surface area contributed by atoms with Crippen LogP contribution in [0.1, 0.15) is 24.0 Å². The van der Waals surface area contributed by atoms with Crippen LogP contribution in [0.25, 0.3) is 12.2 Å². The molecule has 0 radical (unpaired) electrons. The molecule has 0 aliphatic carbocycles. The second-order valence-corrected chi connectivity index (χ2v) is 22.2. The van der Waals surface area contributed by atoms with Gasteiger partial charge in [-0.05, 0) is 95.1 Å². The van der Waals surface area contributed by atoms with Crippen molar-refractivity contribution in [2.75, 3.05) is 12.3 Å². The van der Waals surface area contributed by atoms with Gasteiger partial charge in [-0.15, -0.1) is 0 Å². The monoisotopic (exact) mass is 970 g/mol. The van der Waals surface area contributed by atoms with Crippen molar-refractivity contribution < 1.29 is 38.8 Å². The number of rotatable bonds is 16. The van der Waals surface area contributed by atoms with Gasteiger partial charge in [0.25, 0.3) is 0 Å². The summed E-state index contributed by atoms with van der Waals surface area (Å²) in [6, 6.07) is 87.0. The van der Waals surface area contributed by atoms with Crippen LogP contribution in [0.3, 0.4) is 0 Å². The minimum atomic E-state index is -2.27. The molecule has 1 nitrogen and oxygen atoms in total. The zero-order chi connectivity index (χ0) is 40.9. The third-order valence-corrected chi connectivity index (χ3v) is 20.1. The van der Waals surface area contributed by atoms with Crippen LogP contribution in [-0.4, -0.2) is 18.1 Å². The molecule has 8 aromatic carbocycles. The molecule has 0 saturated heterocycles. The molecular formula is C57H50Br2OP2. The second kappa shape index (κ2) is 22.7. The highest BCUT2D eigenvalue weighted by molar-refractivity contribution is 7.96. The molecule has 0 fully saturated rings. The van der Waals surface area contributed by atoms with Gasteiger partial charge in [-0.3, -0.25) is 4.79 Å². The first-order chi connectivity index (χ1) is 29.6. The molecule has 308 valence electrons. The predicted molar refractivity (Wildman–Crippen MR) is 263 cm³/mol. The Hall–Kier alpha value is -5.27. The number of hydrogen-bond acceptors (Lipinski definition) is 1. The van der Waals surface area contributed by atoms with Crippen molar-refractivity contribution >= 4 is 64.3 Å². The van der Waals surface area contributed by atoms with Gasteiger partial charge in [0, 0.05) is 12.8 Å². The summed E-state index contributed by atoms with van der Waals surface area (Å²) in [6.07, 6.45) is 6.77. The van der Waals surface area contributed by atoms with Crippen LogP contribution in [0.15, 0.2) is 254 Å². The maximum atomic E-state index is 15.2. The number of ketones is 1. The summed E-state index contributed by atoms with van der Waals surface area (Å²) in [5.74, 6) is 0.221. The molecule has 0 N–H and O–H groups in total. The number of halogens is 2. The summed E-state index contributed by atoms with van der Waals surface area (Å²) in [6.45, 7) is 0. The van der Waals surface area contributed by atoms with Gasteiger partial charge in [0.15, 0.2) is 0 Å². The van der Waals surface area contributed by atoms with E-state index in [1.54, 1.807) is 0 Å². The molecule has 0 aliphatic rings. The molecule has 0 aliphatic heterocycles. The van der Waals surface area contributed by atoms with Crippen LogP contribution in [0.2, 0.25) is 0 Å². The van der Waals surface area contributed by atoms with Crippen LogP contribution >= 0.6 is 14.5 Å². The van der Waals surface area contributed by atoms with E-state index < -0.39 is 14.5 Å². The number of Topliss-reactive ketones (excluding diaryl/α,β-unsaturated/α-hetero) is 1. The zero-order valence-electron chi connectivity index (χ0n) is 34.6. The maximum Gasteiger partial charge on any atom is 0.141 e. The Kier molecular flexibility index (Phi) is 16.9. The van der Waals surface area contributed by atoms with E-state index in [4.69, 9.17) is 0 Å². The summed E-state index contributed by atoms with van der Waals surface area (Å²) in [7, 11) is -4.55. The van der Waals surface area contributed by atoms with E-state index >= 15 is 4.79 Å². The lowest BCUT2D eigenvalue weighted by Crippen LogP contribution is -3.00. The lowest BCUT2D eigenvalue weighted by atomic mass is 10.0. The molecule has 8 aromatic rings. The van der Waals surface area contributed by atoms with Crippen molar-refractivity contribution in [3.8, 4) is 0 Å². The van der Waals surface area contributed by atoms with Gasteiger partial charge in [-0.25, -0.2) is 0 Å². The van der Waals surface area contributed by atoms with E-state index in [1.807, 2.05) is 0 Å². The molecule has 0 spiro atoms. The molecular weight excluding hydrogens is 922 g/mol. The Morgan fingerprint density at radius 2 is 0.500 bits per heavy atom. The first kappa shape index (κ1) is 46.2. The summed E-state index contributed by atoms with van der Waals surface area (Å²) >= 11 is 0. The van der Waals surface area contributed by atoms with Crippen molar-refractivity contribution in [1.29, 1.82) is 0 Å². The minimum Gasteiger partial charge on any atom is -1.00 e. The average Bonchev–Trinajstić information content (AvgIpc) is 3.32. The van der Waals surface area contributed by atoms with Gasteiger partial charge in [0.05, 0.1) is 12.3 Å². The highest BCUT2D eigenvalue weighted by Gasteiger charge is 2.47. The Labute approximate surface area is 390 Å². The first-order valence-corrected chi connectivity index (χ1v) is 24.7. The highest BCUT2D eigenvalue weighted by Crippen LogP contribution is 2.58. The number of allylic oxidation sites excluding steroid dienone is 2. The zero-order valence-corrected chi connectivity index (χ0v) is 39.6. The smallest absolute Gasteiger partial charge is 0.141 e. The molecule has 5 heteroatoms. The number of benzene rings is 8. The van der Waals surface area contributed by atoms with E-state index in [1.165, 1.54) is 31.8 Å². The summed E-state index contributed by atoms with van der Waals surface area (Å²) < 4.78 is 0. The molecule has 0 unspecified atom stereocenters. The van der Waals surface area contributed by atoms with E-state index in [0.29, 0.717) is 12.8 Å². The normalized spacial score (nSPS) is 11.8. The minimum absolute atomic E-state index is 0. The largest absolute Gasteiger partial charge is 1.00 e. The average molecular weight is 973 g/mol. The molecule has 62 heavy (non-hydrogen) atoms. The van der Waals surface area contributed by atoms with E-state index in [-0.39, 0.29) is 39.7 Å². The van der Waals surface area contributed by atoms with Crippen molar-refractivity contribution in [3.63, 3.8) is 0 Å². The molecule has 0 aromatic heterocycles. The standard InChI is InChI=1S/C57H50OP2.2BrH/c58-51(43-49(41-47-25-9-1-10-26-47)45-59(52-29-13-3-14-30-52,53-31-15-4-16-32-53)54-33-17-5-18-34-54)44-50(42-48-27-11-2-12-28-48)46-60(55-35-19-6-20-36-55,56-37-21-7-22-38-56)57-39-23-8-24-40-57;;/h1-42H,43-46H2;2*1H/q+2;;/p-2. The SMILES string of the molecule is O=C(CC(=Cc1ccccc1)C[P+](c1ccccc1)(c1ccccc1)c1ccccc1)CC(=Cc1ccccc1)C[P+](c1ccccc1)(c1ccccc1)c1ccccc1.[Br-].[Br-]. The Bertz CT molecular complexity index is 2240. The van der Waals surface area contributed by atoms with Gasteiger partial charge in [-0.1, -0.05) is 182 Å². The van der Waals surface area contributed by atoms with Crippen LogP contribution in [0.5, 0.6) is 0 Å². The second-order valence-electron chi connectivity index (χ2n) is 15.3. The van der Waals surface area contributed by atoms with Crippen molar-refractivity contribution in [1.82, 2.24) is 0 Å². The summed E-state index contributed by atoms with van der Waals surface area (Å²) in [4.78, 5) is 15.2. The van der Waals surface area contributed by atoms with E-state index in [9.17, 15) is 0 Å². The molecule has 0 atom stereocenters. The number of carbonyl (C=O) groups is 1. The van der Waals surface area contributed by atoms with E-state index in [2.05, 4.69) is 255 Å². The maximum absolute atomic E-state index is 15.2. The molecule has 0 bridgehead atoms. The lowest BCUT2D eigenvalue weighted by Gasteiger charge is -2.29. The fourth-order valence-corrected chi connectivity index (χ4v) is 17.2. The van der Waals surface area contributed by atoms with Crippen LogP contribution < -0.4 is 65.8 Å². The van der Waals surface area contributed by atoms with Gasteiger partial charge in [-0.2, -0.15) is 0 Å². The van der Waals surface area contributed by atoms with Crippen LogP contribution in [-0.2, 0) is 4.79 Å². The van der Waals surface area contributed by atoms with Gasteiger partial charge in [0.2, 0.25) is 0 Å². The molecule has 0 saturated carbocycles. The quantitative estimate of drug-likeness (QED) is 0.117. The number of carbonyl (C=O) groups excluding carboxylic acids is 1.